The van der Waals surface area contributed by atoms with Crippen LogP contribution in [0.3, 0.4) is 0 Å². The Morgan fingerprint density at radius 3 is 2.38 bits per heavy atom. The van der Waals surface area contributed by atoms with E-state index < -0.39 is 10.0 Å². The average Bonchev–Trinajstić information content (AvgIpc) is 2.91. The highest BCUT2D eigenvalue weighted by molar-refractivity contribution is 7.90. The molecule has 0 aromatic heterocycles. The molecular weight excluding hydrogens is 224 g/mol. The molecule has 0 heterocycles. The molecule has 0 spiro atoms. The van der Waals surface area contributed by atoms with E-state index in [9.17, 15) is 8.42 Å². The highest BCUT2D eigenvalue weighted by Gasteiger charge is 2.39. The Bertz CT molecular complexity index is 314. The predicted octanol–water partition coefficient (Wildman–Crippen LogP) is 1.09. The van der Waals surface area contributed by atoms with E-state index >= 15 is 0 Å². The minimum absolute atomic E-state index is 0.191. The van der Waals surface area contributed by atoms with E-state index in [0.717, 1.165) is 12.8 Å². The second-order valence-corrected chi connectivity index (χ2v) is 7.18. The minimum atomic E-state index is -3.15. The second kappa shape index (κ2) is 5.47. The SMILES string of the molecule is CCC1CC1NS(=O)(=O)C(C)CNC(C)C. The van der Waals surface area contributed by atoms with Crippen molar-refractivity contribution in [2.75, 3.05) is 6.54 Å². The molecule has 5 heteroatoms. The first-order chi connectivity index (χ1) is 7.36. The van der Waals surface area contributed by atoms with Crippen LogP contribution in [0.5, 0.6) is 0 Å². The zero-order valence-electron chi connectivity index (χ0n) is 10.7. The van der Waals surface area contributed by atoms with Crippen LogP contribution < -0.4 is 10.0 Å². The topological polar surface area (TPSA) is 58.2 Å². The molecule has 1 aliphatic rings. The van der Waals surface area contributed by atoms with Gasteiger partial charge in [-0.1, -0.05) is 27.2 Å². The van der Waals surface area contributed by atoms with E-state index in [2.05, 4.69) is 17.0 Å². The van der Waals surface area contributed by atoms with Gasteiger partial charge in [0.25, 0.3) is 0 Å². The first-order valence-electron chi connectivity index (χ1n) is 6.11. The standard InChI is InChI=1S/C11H24N2O2S/c1-5-10-6-11(10)13-16(14,15)9(4)7-12-8(2)3/h8-13H,5-7H2,1-4H3. The van der Waals surface area contributed by atoms with E-state index in [1.54, 1.807) is 6.92 Å². The minimum Gasteiger partial charge on any atom is -0.313 e. The lowest BCUT2D eigenvalue weighted by molar-refractivity contribution is 0.537. The molecular formula is C11H24N2O2S. The molecule has 1 saturated carbocycles. The molecule has 0 radical (unpaired) electrons. The number of hydrogen-bond acceptors (Lipinski definition) is 3. The quantitative estimate of drug-likeness (QED) is 0.709. The second-order valence-electron chi connectivity index (χ2n) is 5.05. The molecule has 0 amide bonds. The summed E-state index contributed by atoms with van der Waals surface area (Å²) in [5.41, 5.74) is 0. The smallest absolute Gasteiger partial charge is 0.215 e. The van der Waals surface area contributed by atoms with Crippen molar-refractivity contribution in [2.24, 2.45) is 5.92 Å². The lowest BCUT2D eigenvalue weighted by Gasteiger charge is -2.16. The zero-order chi connectivity index (χ0) is 12.3. The third kappa shape index (κ3) is 4.03. The molecule has 96 valence electrons. The summed E-state index contributed by atoms with van der Waals surface area (Å²) in [7, 11) is -3.15. The van der Waals surface area contributed by atoms with Crippen molar-refractivity contribution in [2.45, 2.75) is 57.9 Å². The van der Waals surface area contributed by atoms with Crippen LogP contribution >= 0.6 is 0 Å². The van der Waals surface area contributed by atoms with Gasteiger partial charge in [0, 0.05) is 18.6 Å². The van der Waals surface area contributed by atoms with E-state index in [1.807, 2.05) is 13.8 Å². The van der Waals surface area contributed by atoms with Crippen LogP contribution in [0.1, 0.15) is 40.5 Å². The van der Waals surface area contributed by atoms with Crippen molar-refractivity contribution in [1.29, 1.82) is 0 Å². The van der Waals surface area contributed by atoms with Gasteiger partial charge in [0.2, 0.25) is 10.0 Å². The van der Waals surface area contributed by atoms with Gasteiger partial charge in [-0.25, -0.2) is 13.1 Å². The van der Waals surface area contributed by atoms with Crippen molar-refractivity contribution in [1.82, 2.24) is 10.0 Å². The Morgan fingerprint density at radius 2 is 1.94 bits per heavy atom. The Balaban J connectivity index is 2.38. The van der Waals surface area contributed by atoms with Crippen LogP contribution in [0.25, 0.3) is 0 Å². The van der Waals surface area contributed by atoms with E-state index in [4.69, 9.17) is 0 Å². The third-order valence-corrected chi connectivity index (χ3v) is 4.96. The van der Waals surface area contributed by atoms with Crippen molar-refractivity contribution in [3.05, 3.63) is 0 Å². The monoisotopic (exact) mass is 248 g/mol. The zero-order valence-corrected chi connectivity index (χ0v) is 11.5. The highest BCUT2D eigenvalue weighted by Crippen LogP contribution is 2.33. The fourth-order valence-electron chi connectivity index (χ4n) is 1.68. The molecule has 0 aromatic carbocycles. The molecule has 3 unspecified atom stereocenters. The fourth-order valence-corrected chi connectivity index (χ4v) is 2.94. The van der Waals surface area contributed by atoms with Crippen molar-refractivity contribution < 1.29 is 8.42 Å². The summed E-state index contributed by atoms with van der Waals surface area (Å²) in [4.78, 5) is 0. The lowest BCUT2D eigenvalue weighted by atomic mass is 10.3. The Kier molecular flexibility index (Phi) is 4.76. The fraction of sp³-hybridized carbons (Fsp3) is 1.00. The summed E-state index contributed by atoms with van der Waals surface area (Å²) >= 11 is 0. The molecule has 0 saturated heterocycles. The third-order valence-electron chi connectivity index (χ3n) is 3.11. The number of sulfonamides is 1. The van der Waals surface area contributed by atoms with E-state index in [1.165, 1.54) is 0 Å². The van der Waals surface area contributed by atoms with Crippen LogP contribution in [0, 0.1) is 5.92 Å². The summed E-state index contributed by atoms with van der Waals surface area (Å²) in [6, 6.07) is 0.512. The molecule has 3 atom stereocenters. The summed E-state index contributed by atoms with van der Waals surface area (Å²) in [5, 5.41) is 2.78. The average molecular weight is 248 g/mol. The van der Waals surface area contributed by atoms with Gasteiger partial charge in [0.05, 0.1) is 5.25 Å². The Labute approximate surface area is 99.2 Å². The lowest BCUT2D eigenvalue weighted by Crippen LogP contribution is -2.41. The number of rotatable bonds is 7. The normalized spacial score (nSPS) is 27.1. The maximum absolute atomic E-state index is 11.9. The van der Waals surface area contributed by atoms with Crippen LogP contribution in [0.4, 0.5) is 0 Å². The van der Waals surface area contributed by atoms with Gasteiger partial charge in [-0.3, -0.25) is 0 Å². The molecule has 16 heavy (non-hydrogen) atoms. The maximum atomic E-state index is 11.9. The van der Waals surface area contributed by atoms with Gasteiger partial charge in [0.15, 0.2) is 0 Å². The van der Waals surface area contributed by atoms with Gasteiger partial charge in [0.1, 0.15) is 0 Å². The number of nitrogens with one attached hydrogen (secondary N) is 2. The molecule has 0 bridgehead atoms. The molecule has 1 fully saturated rings. The number of hydrogen-bond donors (Lipinski definition) is 2. The van der Waals surface area contributed by atoms with Crippen molar-refractivity contribution >= 4 is 10.0 Å². The van der Waals surface area contributed by atoms with Gasteiger partial charge in [-0.05, 0) is 19.3 Å². The van der Waals surface area contributed by atoms with Crippen LogP contribution in [0.2, 0.25) is 0 Å². The van der Waals surface area contributed by atoms with E-state index in [-0.39, 0.29) is 11.3 Å². The van der Waals surface area contributed by atoms with Gasteiger partial charge in [-0.2, -0.15) is 0 Å². The molecule has 4 nitrogen and oxygen atoms in total. The Hall–Kier alpha value is -0.130. The first-order valence-corrected chi connectivity index (χ1v) is 7.66. The van der Waals surface area contributed by atoms with Crippen molar-refractivity contribution in [3.8, 4) is 0 Å². The molecule has 0 aliphatic heterocycles. The summed E-state index contributed by atoms with van der Waals surface area (Å²) in [6.45, 7) is 8.39. The van der Waals surface area contributed by atoms with Crippen molar-refractivity contribution in [3.63, 3.8) is 0 Å². The summed E-state index contributed by atoms with van der Waals surface area (Å²) in [5.74, 6) is 0.556. The van der Waals surface area contributed by atoms with E-state index in [0.29, 0.717) is 18.5 Å². The molecule has 2 N–H and O–H groups in total. The highest BCUT2D eigenvalue weighted by atomic mass is 32.2. The molecule has 1 aliphatic carbocycles. The predicted molar refractivity (Wildman–Crippen MR) is 66.8 cm³/mol. The van der Waals surface area contributed by atoms with Gasteiger partial charge < -0.3 is 5.32 Å². The Morgan fingerprint density at radius 1 is 1.31 bits per heavy atom. The molecule has 1 rings (SSSR count). The van der Waals surface area contributed by atoms with Gasteiger partial charge in [-0.15, -0.1) is 0 Å². The van der Waals surface area contributed by atoms with Gasteiger partial charge >= 0.3 is 0 Å². The molecule has 0 aromatic rings. The summed E-state index contributed by atoms with van der Waals surface area (Å²) < 4.78 is 26.6. The summed E-state index contributed by atoms with van der Waals surface area (Å²) in [6.07, 6.45) is 2.06. The maximum Gasteiger partial charge on any atom is 0.215 e. The largest absolute Gasteiger partial charge is 0.313 e. The van der Waals surface area contributed by atoms with Crippen LogP contribution in [-0.4, -0.2) is 32.3 Å². The van der Waals surface area contributed by atoms with Crippen LogP contribution in [-0.2, 0) is 10.0 Å². The first kappa shape index (κ1) is 13.9. The van der Waals surface area contributed by atoms with Crippen LogP contribution in [0.15, 0.2) is 0 Å².